The van der Waals surface area contributed by atoms with Crippen LogP contribution >= 0.6 is 12.4 Å². The number of ether oxygens (including phenoxy) is 1. The highest BCUT2D eigenvalue weighted by atomic mass is 35.5. The molecule has 1 unspecified atom stereocenters. The monoisotopic (exact) mass is 241 g/mol. The van der Waals surface area contributed by atoms with E-state index in [0.29, 0.717) is 5.75 Å². The summed E-state index contributed by atoms with van der Waals surface area (Å²) in [5.41, 5.74) is 5.01. The van der Waals surface area contributed by atoms with E-state index in [1.165, 1.54) is 25.3 Å². The maximum Gasteiger partial charge on any atom is 0.407 e. The molecular weight excluding hydrogens is 231 g/mol. The van der Waals surface area contributed by atoms with Crippen LogP contribution in [0, 0.1) is 0 Å². The molecule has 1 aromatic rings. The molecule has 0 radical (unpaired) electrons. The standard InChI is InChI=1S/C9H10F3NO.ClH/c1-14-7-4-2-3-6(5-7)8(13)9(10,11)12;/h2-5,8H,13H2,1H3;1H. The second-order valence-corrected chi connectivity index (χ2v) is 2.80. The van der Waals surface area contributed by atoms with E-state index >= 15 is 0 Å². The van der Waals surface area contributed by atoms with Crippen molar-refractivity contribution >= 4 is 12.4 Å². The van der Waals surface area contributed by atoms with E-state index in [1.807, 2.05) is 0 Å². The van der Waals surface area contributed by atoms with Gasteiger partial charge in [0.2, 0.25) is 0 Å². The first-order valence-corrected chi connectivity index (χ1v) is 3.91. The molecule has 1 rings (SSSR count). The van der Waals surface area contributed by atoms with Crippen molar-refractivity contribution in [1.82, 2.24) is 0 Å². The smallest absolute Gasteiger partial charge is 0.407 e. The van der Waals surface area contributed by atoms with Crippen LogP contribution in [0.15, 0.2) is 24.3 Å². The van der Waals surface area contributed by atoms with Gasteiger partial charge < -0.3 is 10.5 Å². The lowest BCUT2D eigenvalue weighted by Crippen LogP contribution is -2.28. The zero-order chi connectivity index (χ0) is 10.8. The number of hydrogen-bond donors (Lipinski definition) is 1. The van der Waals surface area contributed by atoms with Crippen molar-refractivity contribution in [3.05, 3.63) is 29.8 Å². The first-order valence-electron chi connectivity index (χ1n) is 3.91. The fourth-order valence-corrected chi connectivity index (χ4v) is 1.02. The largest absolute Gasteiger partial charge is 0.497 e. The van der Waals surface area contributed by atoms with Crippen LogP contribution in [0.2, 0.25) is 0 Å². The van der Waals surface area contributed by atoms with Crippen LogP contribution in [-0.2, 0) is 0 Å². The van der Waals surface area contributed by atoms with E-state index in [2.05, 4.69) is 0 Å². The molecule has 2 nitrogen and oxygen atoms in total. The van der Waals surface area contributed by atoms with Crippen molar-refractivity contribution in [2.24, 2.45) is 5.73 Å². The lowest BCUT2D eigenvalue weighted by Gasteiger charge is -2.16. The van der Waals surface area contributed by atoms with E-state index in [4.69, 9.17) is 10.5 Å². The Morgan fingerprint density at radius 2 is 1.93 bits per heavy atom. The zero-order valence-corrected chi connectivity index (χ0v) is 8.73. The summed E-state index contributed by atoms with van der Waals surface area (Å²) in [5, 5.41) is 0. The number of hydrogen-bond acceptors (Lipinski definition) is 2. The normalized spacial score (nSPS) is 12.9. The topological polar surface area (TPSA) is 35.2 Å². The second kappa shape index (κ2) is 5.23. The van der Waals surface area contributed by atoms with Crippen LogP contribution < -0.4 is 10.5 Å². The average molecular weight is 242 g/mol. The summed E-state index contributed by atoms with van der Waals surface area (Å²) < 4.78 is 41.4. The Morgan fingerprint density at radius 3 is 2.40 bits per heavy atom. The molecule has 6 heteroatoms. The minimum Gasteiger partial charge on any atom is -0.497 e. The summed E-state index contributed by atoms with van der Waals surface area (Å²) in [6.45, 7) is 0. The molecule has 86 valence electrons. The number of methoxy groups -OCH3 is 1. The fourth-order valence-electron chi connectivity index (χ4n) is 1.02. The van der Waals surface area contributed by atoms with E-state index in [-0.39, 0.29) is 18.0 Å². The number of benzene rings is 1. The molecule has 0 fully saturated rings. The molecule has 0 aliphatic heterocycles. The van der Waals surface area contributed by atoms with Crippen molar-refractivity contribution in [3.8, 4) is 5.75 Å². The lowest BCUT2D eigenvalue weighted by molar-refractivity contribution is -0.149. The van der Waals surface area contributed by atoms with Gasteiger partial charge in [-0.25, -0.2) is 0 Å². The molecular formula is C9H11ClF3NO. The Bertz CT molecular complexity index is 316. The van der Waals surface area contributed by atoms with Crippen LogP contribution in [0.5, 0.6) is 5.75 Å². The molecule has 0 heterocycles. The highest BCUT2D eigenvalue weighted by molar-refractivity contribution is 5.85. The first kappa shape index (κ1) is 14.1. The van der Waals surface area contributed by atoms with Gasteiger partial charge in [-0.1, -0.05) is 12.1 Å². The third-order valence-corrected chi connectivity index (χ3v) is 1.81. The van der Waals surface area contributed by atoms with Crippen molar-refractivity contribution in [2.75, 3.05) is 7.11 Å². The first-order chi connectivity index (χ1) is 6.45. The molecule has 0 bridgehead atoms. The van der Waals surface area contributed by atoms with Crippen molar-refractivity contribution in [3.63, 3.8) is 0 Å². The fraction of sp³-hybridized carbons (Fsp3) is 0.333. The quantitative estimate of drug-likeness (QED) is 0.864. The van der Waals surface area contributed by atoms with Crippen LogP contribution in [0.25, 0.3) is 0 Å². The molecule has 15 heavy (non-hydrogen) atoms. The Hall–Kier alpha value is -0.940. The molecule has 1 aromatic carbocycles. The highest BCUT2D eigenvalue weighted by Gasteiger charge is 2.37. The Morgan fingerprint density at radius 1 is 1.33 bits per heavy atom. The van der Waals surface area contributed by atoms with Crippen molar-refractivity contribution in [1.29, 1.82) is 0 Å². The molecule has 0 amide bonds. The Kier molecular flexibility index (Phi) is 4.90. The second-order valence-electron chi connectivity index (χ2n) is 2.80. The average Bonchev–Trinajstić information content (AvgIpc) is 2.15. The molecule has 1 atom stereocenters. The Labute approximate surface area is 91.6 Å². The maximum atomic E-state index is 12.2. The van der Waals surface area contributed by atoms with Gasteiger partial charge in [0.05, 0.1) is 7.11 Å². The minimum absolute atomic E-state index is 0. The number of alkyl halides is 3. The van der Waals surface area contributed by atoms with Gasteiger partial charge in [-0.15, -0.1) is 12.4 Å². The summed E-state index contributed by atoms with van der Waals surface area (Å²) >= 11 is 0. The SMILES string of the molecule is COc1cccc(C(N)C(F)(F)F)c1.Cl. The predicted molar refractivity (Wildman–Crippen MR) is 53.2 cm³/mol. The van der Waals surface area contributed by atoms with Gasteiger partial charge >= 0.3 is 6.18 Å². The summed E-state index contributed by atoms with van der Waals surface area (Å²) in [6.07, 6.45) is -4.42. The van der Waals surface area contributed by atoms with Gasteiger partial charge in [-0.3, -0.25) is 0 Å². The number of rotatable bonds is 2. The molecule has 0 aliphatic carbocycles. The van der Waals surface area contributed by atoms with E-state index in [9.17, 15) is 13.2 Å². The molecule has 0 aliphatic rings. The van der Waals surface area contributed by atoms with Gasteiger partial charge in [-0.05, 0) is 17.7 Å². The van der Waals surface area contributed by atoms with Crippen LogP contribution in [-0.4, -0.2) is 13.3 Å². The molecule has 0 saturated carbocycles. The van der Waals surface area contributed by atoms with Gasteiger partial charge in [0.15, 0.2) is 0 Å². The zero-order valence-electron chi connectivity index (χ0n) is 7.91. The van der Waals surface area contributed by atoms with Gasteiger partial charge in [-0.2, -0.15) is 13.2 Å². The summed E-state index contributed by atoms with van der Waals surface area (Å²) in [5.74, 6) is 0.363. The van der Waals surface area contributed by atoms with Crippen molar-refractivity contribution < 1.29 is 17.9 Å². The summed E-state index contributed by atoms with van der Waals surface area (Å²) in [7, 11) is 1.39. The molecule has 0 saturated heterocycles. The molecule has 0 spiro atoms. The van der Waals surface area contributed by atoms with E-state index < -0.39 is 12.2 Å². The van der Waals surface area contributed by atoms with Crippen LogP contribution in [0.3, 0.4) is 0 Å². The summed E-state index contributed by atoms with van der Waals surface area (Å²) in [4.78, 5) is 0. The van der Waals surface area contributed by atoms with E-state index in [0.717, 1.165) is 0 Å². The lowest BCUT2D eigenvalue weighted by atomic mass is 10.1. The third kappa shape index (κ3) is 3.60. The Balaban J connectivity index is 0.00000196. The number of nitrogens with two attached hydrogens (primary N) is 1. The maximum absolute atomic E-state index is 12.2. The van der Waals surface area contributed by atoms with Crippen molar-refractivity contribution in [2.45, 2.75) is 12.2 Å². The summed E-state index contributed by atoms with van der Waals surface area (Å²) in [6, 6.07) is 3.67. The van der Waals surface area contributed by atoms with Gasteiger partial charge in [0, 0.05) is 0 Å². The highest BCUT2D eigenvalue weighted by Crippen LogP contribution is 2.31. The van der Waals surface area contributed by atoms with E-state index in [1.54, 1.807) is 6.07 Å². The van der Waals surface area contributed by atoms with Crippen LogP contribution in [0.4, 0.5) is 13.2 Å². The molecule has 2 N–H and O–H groups in total. The third-order valence-electron chi connectivity index (χ3n) is 1.81. The van der Waals surface area contributed by atoms with Crippen LogP contribution in [0.1, 0.15) is 11.6 Å². The van der Waals surface area contributed by atoms with Gasteiger partial charge in [0.25, 0.3) is 0 Å². The number of halogens is 4. The van der Waals surface area contributed by atoms with Gasteiger partial charge in [0.1, 0.15) is 11.8 Å². The minimum atomic E-state index is -4.42. The molecule has 0 aromatic heterocycles. The predicted octanol–water partition coefficient (Wildman–Crippen LogP) is 2.68.